The second-order valence-corrected chi connectivity index (χ2v) is 7.68. The number of benzene rings is 1. The molecule has 6 nitrogen and oxygen atoms in total. The molecule has 1 aliphatic heterocycles. The Morgan fingerprint density at radius 3 is 2.83 bits per heavy atom. The second-order valence-electron chi connectivity index (χ2n) is 7.68. The molecule has 29 heavy (non-hydrogen) atoms. The maximum atomic E-state index is 14.3. The van der Waals surface area contributed by atoms with Gasteiger partial charge in [-0.2, -0.15) is 5.10 Å². The molecule has 2 heterocycles. The average Bonchev–Trinajstić information content (AvgIpc) is 3.37. The number of rotatable bonds is 5. The molecule has 0 spiro atoms. The van der Waals surface area contributed by atoms with Crippen molar-refractivity contribution < 1.29 is 9.13 Å². The normalized spacial score (nSPS) is 20.9. The molecular formula is C21H29FIN5O. The smallest absolute Gasteiger partial charge is 0.194 e. The highest BCUT2D eigenvalue weighted by atomic mass is 127. The Balaban J connectivity index is 0.00000240. The molecule has 2 aromatic rings. The summed E-state index contributed by atoms with van der Waals surface area (Å²) in [5.74, 6) is 0.755. The van der Waals surface area contributed by atoms with Crippen molar-refractivity contribution in [2.45, 2.75) is 31.3 Å². The Morgan fingerprint density at radius 2 is 2.17 bits per heavy atom. The van der Waals surface area contributed by atoms with Crippen LogP contribution in [-0.4, -0.2) is 53.4 Å². The number of nitrogens with zero attached hydrogens (tertiary/aromatic N) is 4. The number of aryl methyl sites for hydroxylation is 1. The molecule has 2 fully saturated rings. The van der Waals surface area contributed by atoms with Crippen LogP contribution in [0, 0.1) is 5.82 Å². The monoisotopic (exact) mass is 513 g/mol. The topological polar surface area (TPSA) is 54.7 Å². The summed E-state index contributed by atoms with van der Waals surface area (Å²) in [6.07, 6.45) is 5.80. The summed E-state index contributed by atoms with van der Waals surface area (Å²) in [6.45, 7) is 5.62. The zero-order valence-electron chi connectivity index (χ0n) is 17.0. The standard InChI is InChI=1S/C21H28FN5O.HI/c1-3-23-20(24-15-21(8-9-21)17-6-4-5-7-18(17)22)27-10-11-28-19(14-27)16-12-25-26(2)13-16;/h4-7,12-13,19H,3,8-11,14-15H2,1-2H3,(H,23,24);1H. The molecule has 1 atom stereocenters. The zero-order valence-corrected chi connectivity index (χ0v) is 19.3. The fourth-order valence-corrected chi connectivity index (χ4v) is 3.86. The largest absolute Gasteiger partial charge is 0.370 e. The SMILES string of the molecule is CCNC(=NCC1(c2ccccc2F)CC1)N1CCOC(c2cnn(C)c2)C1.I. The van der Waals surface area contributed by atoms with E-state index in [4.69, 9.17) is 9.73 Å². The first-order valence-corrected chi connectivity index (χ1v) is 10.00. The quantitative estimate of drug-likeness (QED) is 0.379. The van der Waals surface area contributed by atoms with Crippen molar-refractivity contribution in [3.05, 3.63) is 53.6 Å². The summed E-state index contributed by atoms with van der Waals surface area (Å²) in [7, 11) is 1.91. The fraction of sp³-hybridized carbons (Fsp3) is 0.524. The molecular weight excluding hydrogens is 484 g/mol. The second kappa shape index (κ2) is 9.42. The van der Waals surface area contributed by atoms with E-state index in [-0.39, 0.29) is 41.3 Å². The third kappa shape index (κ3) is 4.91. The first kappa shape index (κ1) is 22.0. The fourth-order valence-electron chi connectivity index (χ4n) is 3.86. The highest BCUT2D eigenvalue weighted by molar-refractivity contribution is 14.0. The van der Waals surface area contributed by atoms with Crippen LogP contribution in [0.4, 0.5) is 4.39 Å². The van der Waals surface area contributed by atoms with Gasteiger partial charge >= 0.3 is 0 Å². The predicted molar refractivity (Wildman–Crippen MR) is 122 cm³/mol. The maximum absolute atomic E-state index is 14.3. The Bertz CT molecular complexity index is 851. The van der Waals surface area contributed by atoms with Gasteiger partial charge in [-0.05, 0) is 31.4 Å². The van der Waals surface area contributed by atoms with Crippen LogP contribution in [0.2, 0.25) is 0 Å². The van der Waals surface area contributed by atoms with E-state index < -0.39 is 0 Å². The summed E-state index contributed by atoms with van der Waals surface area (Å²) in [6, 6.07) is 7.10. The number of hydrogen-bond acceptors (Lipinski definition) is 3. The molecule has 158 valence electrons. The van der Waals surface area contributed by atoms with Gasteiger partial charge in [-0.3, -0.25) is 9.67 Å². The molecule has 1 saturated carbocycles. The minimum Gasteiger partial charge on any atom is -0.370 e. The van der Waals surface area contributed by atoms with Crippen LogP contribution in [0.25, 0.3) is 0 Å². The lowest BCUT2D eigenvalue weighted by molar-refractivity contribution is -0.00805. The molecule has 8 heteroatoms. The number of guanidine groups is 1. The van der Waals surface area contributed by atoms with E-state index in [1.807, 2.05) is 31.6 Å². The molecule has 1 unspecified atom stereocenters. The number of aliphatic imine (C=N–C) groups is 1. The van der Waals surface area contributed by atoms with Gasteiger partial charge in [0.2, 0.25) is 0 Å². The Labute approximate surface area is 188 Å². The number of hydrogen-bond donors (Lipinski definition) is 1. The minimum atomic E-state index is -0.152. The molecule has 1 aliphatic carbocycles. The Hall–Kier alpha value is -1.68. The van der Waals surface area contributed by atoms with Crippen molar-refractivity contribution in [2.75, 3.05) is 32.8 Å². The van der Waals surface area contributed by atoms with Crippen LogP contribution in [-0.2, 0) is 17.2 Å². The highest BCUT2D eigenvalue weighted by Gasteiger charge is 2.46. The first-order valence-electron chi connectivity index (χ1n) is 10.00. The average molecular weight is 513 g/mol. The molecule has 1 aromatic heterocycles. The van der Waals surface area contributed by atoms with Crippen molar-refractivity contribution in [1.82, 2.24) is 20.0 Å². The van der Waals surface area contributed by atoms with E-state index in [1.54, 1.807) is 16.8 Å². The van der Waals surface area contributed by atoms with Gasteiger partial charge in [0.1, 0.15) is 11.9 Å². The van der Waals surface area contributed by atoms with Crippen LogP contribution in [0.3, 0.4) is 0 Å². The lowest BCUT2D eigenvalue weighted by atomic mass is 9.95. The lowest BCUT2D eigenvalue weighted by Gasteiger charge is -2.35. The number of aromatic nitrogens is 2. The van der Waals surface area contributed by atoms with Crippen LogP contribution >= 0.6 is 24.0 Å². The summed E-state index contributed by atoms with van der Waals surface area (Å²) in [5.41, 5.74) is 1.72. The van der Waals surface area contributed by atoms with Gasteiger partial charge in [0.05, 0.1) is 25.9 Å². The van der Waals surface area contributed by atoms with Gasteiger partial charge in [-0.1, -0.05) is 18.2 Å². The van der Waals surface area contributed by atoms with Crippen LogP contribution < -0.4 is 5.32 Å². The molecule has 1 saturated heterocycles. The van der Waals surface area contributed by atoms with Gasteiger partial charge in [-0.15, -0.1) is 24.0 Å². The molecule has 0 bridgehead atoms. The van der Waals surface area contributed by atoms with E-state index in [9.17, 15) is 4.39 Å². The number of halogens is 2. The van der Waals surface area contributed by atoms with Crippen molar-refractivity contribution in [1.29, 1.82) is 0 Å². The number of morpholine rings is 1. The zero-order chi connectivity index (χ0) is 19.6. The number of nitrogens with one attached hydrogen (secondary N) is 1. The third-order valence-electron chi connectivity index (χ3n) is 5.63. The van der Waals surface area contributed by atoms with Gasteiger partial charge in [0, 0.05) is 37.3 Å². The van der Waals surface area contributed by atoms with Crippen molar-refractivity contribution in [3.63, 3.8) is 0 Å². The third-order valence-corrected chi connectivity index (χ3v) is 5.63. The summed E-state index contributed by atoms with van der Waals surface area (Å²) in [4.78, 5) is 7.15. The molecule has 1 N–H and O–H groups in total. The Kier molecular flexibility index (Phi) is 7.15. The molecule has 0 radical (unpaired) electrons. The molecule has 1 aromatic carbocycles. The molecule has 2 aliphatic rings. The molecule has 0 amide bonds. The van der Waals surface area contributed by atoms with Crippen LogP contribution in [0.5, 0.6) is 0 Å². The van der Waals surface area contributed by atoms with Crippen molar-refractivity contribution in [3.8, 4) is 0 Å². The Morgan fingerprint density at radius 1 is 1.38 bits per heavy atom. The van der Waals surface area contributed by atoms with E-state index >= 15 is 0 Å². The summed E-state index contributed by atoms with van der Waals surface area (Å²) < 4.78 is 22.0. The maximum Gasteiger partial charge on any atom is 0.194 e. The predicted octanol–water partition coefficient (Wildman–Crippen LogP) is 3.25. The summed E-state index contributed by atoms with van der Waals surface area (Å²) in [5, 5.41) is 7.66. The van der Waals surface area contributed by atoms with Gasteiger partial charge in [0.15, 0.2) is 5.96 Å². The highest BCUT2D eigenvalue weighted by Crippen LogP contribution is 2.49. The van der Waals surface area contributed by atoms with E-state index in [0.717, 1.165) is 49.6 Å². The molecule has 4 rings (SSSR count). The van der Waals surface area contributed by atoms with Crippen LogP contribution in [0.15, 0.2) is 41.7 Å². The minimum absolute atomic E-state index is 0. The van der Waals surface area contributed by atoms with E-state index in [2.05, 4.69) is 22.2 Å². The lowest BCUT2D eigenvalue weighted by Crippen LogP contribution is -2.48. The van der Waals surface area contributed by atoms with Crippen LogP contribution in [0.1, 0.15) is 37.0 Å². The van der Waals surface area contributed by atoms with Gasteiger partial charge < -0.3 is 15.0 Å². The summed E-state index contributed by atoms with van der Waals surface area (Å²) >= 11 is 0. The van der Waals surface area contributed by atoms with E-state index in [1.165, 1.54) is 0 Å². The van der Waals surface area contributed by atoms with Crippen molar-refractivity contribution >= 4 is 29.9 Å². The first-order chi connectivity index (χ1) is 13.6. The number of ether oxygens (including phenoxy) is 1. The van der Waals surface area contributed by atoms with Gasteiger partial charge in [0.25, 0.3) is 0 Å². The van der Waals surface area contributed by atoms with E-state index in [0.29, 0.717) is 13.2 Å². The van der Waals surface area contributed by atoms with Gasteiger partial charge in [-0.25, -0.2) is 4.39 Å². The van der Waals surface area contributed by atoms with Crippen molar-refractivity contribution in [2.24, 2.45) is 12.0 Å².